The van der Waals surface area contributed by atoms with E-state index in [0.29, 0.717) is 20.7 Å². The minimum absolute atomic E-state index is 0.307. The average Bonchev–Trinajstić information content (AvgIpc) is 2.36. The lowest BCUT2D eigenvalue weighted by atomic mass is 10.1. The van der Waals surface area contributed by atoms with Gasteiger partial charge in [-0.2, -0.15) is 0 Å². The molecular formula is C13H9BrCl2N2S. The van der Waals surface area contributed by atoms with Gasteiger partial charge in [0.1, 0.15) is 4.99 Å². The summed E-state index contributed by atoms with van der Waals surface area (Å²) in [5, 5.41) is 4.13. The Morgan fingerprint density at radius 3 is 2.58 bits per heavy atom. The fourth-order valence-corrected chi connectivity index (χ4v) is 2.45. The highest BCUT2D eigenvalue weighted by Crippen LogP contribution is 2.33. The van der Waals surface area contributed by atoms with Gasteiger partial charge in [-0.15, -0.1) is 0 Å². The molecule has 0 aliphatic carbocycles. The van der Waals surface area contributed by atoms with Crippen molar-refractivity contribution >= 4 is 67.7 Å². The van der Waals surface area contributed by atoms with Gasteiger partial charge in [-0.1, -0.05) is 57.4 Å². The van der Waals surface area contributed by atoms with Crippen molar-refractivity contribution in [3.8, 4) is 0 Å². The molecule has 0 aliphatic heterocycles. The van der Waals surface area contributed by atoms with E-state index in [1.807, 2.05) is 30.3 Å². The van der Waals surface area contributed by atoms with Gasteiger partial charge < -0.3 is 11.1 Å². The summed E-state index contributed by atoms with van der Waals surface area (Å²) < 4.78 is 0.901. The highest BCUT2D eigenvalue weighted by atomic mass is 79.9. The van der Waals surface area contributed by atoms with Crippen molar-refractivity contribution < 1.29 is 0 Å². The predicted molar refractivity (Wildman–Crippen MR) is 89.8 cm³/mol. The molecule has 0 heterocycles. The summed E-state index contributed by atoms with van der Waals surface area (Å²) in [4.78, 5) is 0.307. The van der Waals surface area contributed by atoms with Crippen LogP contribution in [0.4, 0.5) is 11.4 Å². The zero-order valence-corrected chi connectivity index (χ0v) is 13.5. The minimum Gasteiger partial charge on any atom is -0.389 e. The average molecular weight is 376 g/mol. The van der Waals surface area contributed by atoms with E-state index in [-0.39, 0.29) is 0 Å². The fraction of sp³-hybridized carbons (Fsp3) is 0. The van der Waals surface area contributed by atoms with Gasteiger partial charge in [0.15, 0.2) is 0 Å². The normalized spacial score (nSPS) is 10.3. The molecule has 0 aromatic heterocycles. The maximum atomic E-state index is 6.14. The third-order valence-corrected chi connectivity index (χ3v) is 4.00. The molecule has 0 bridgehead atoms. The van der Waals surface area contributed by atoms with Crippen LogP contribution in [0.1, 0.15) is 5.56 Å². The Kier molecular flexibility index (Phi) is 4.68. The molecule has 0 spiro atoms. The molecule has 98 valence electrons. The van der Waals surface area contributed by atoms with Crippen LogP contribution in [-0.4, -0.2) is 4.99 Å². The van der Waals surface area contributed by atoms with Gasteiger partial charge >= 0.3 is 0 Å². The van der Waals surface area contributed by atoms with Crippen LogP contribution in [0.3, 0.4) is 0 Å². The van der Waals surface area contributed by atoms with E-state index in [2.05, 4.69) is 21.2 Å². The standard InChI is InChI=1S/C13H9BrCl2N2S/c14-7-4-5-10(8(6-7)13(17)19)18-11-3-1-2-9(15)12(11)16/h1-6,18H,(H2,17,19). The zero-order valence-electron chi connectivity index (χ0n) is 9.58. The van der Waals surface area contributed by atoms with Crippen molar-refractivity contribution in [2.45, 2.75) is 0 Å². The van der Waals surface area contributed by atoms with Crippen LogP contribution >= 0.6 is 51.3 Å². The predicted octanol–water partition coefficient (Wildman–Crippen LogP) is 5.13. The first-order valence-corrected chi connectivity index (χ1v) is 7.25. The van der Waals surface area contributed by atoms with E-state index in [4.69, 9.17) is 41.2 Å². The summed E-state index contributed by atoms with van der Waals surface area (Å²) in [6.45, 7) is 0. The minimum atomic E-state index is 0.307. The first kappa shape index (κ1) is 14.6. The number of thiocarbonyl (C=S) groups is 1. The van der Waals surface area contributed by atoms with Crippen molar-refractivity contribution in [3.63, 3.8) is 0 Å². The van der Waals surface area contributed by atoms with Crippen LogP contribution in [0.15, 0.2) is 40.9 Å². The first-order valence-electron chi connectivity index (χ1n) is 5.29. The van der Waals surface area contributed by atoms with Crippen molar-refractivity contribution in [2.24, 2.45) is 5.73 Å². The maximum Gasteiger partial charge on any atom is 0.106 e. The molecule has 6 heteroatoms. The van der Waals surface area contributed by atoms with Gasteiger partial charge in [0.05, 0.1) is 15.7 Å². The molecule has 0 atom stereocenters. The summed E-state index contributed by atoms with van der Waals surface area (Å²) in [6.07, 6.45) is 0. The smallest absolute Gasteiger partial charge is 0.106 e. The molecular weight excluding hydrogens is 367 g/mol. The van der Waals surface area contributed by atoms with Crippen LogP contribution in [0.25, 0.3) is 0 Å². The van der Waals surface area contributed by atoms with E-state index in [1.165, 1.54) is 0 Å². The summed E-state index contributed by atoms with van der Waals surface area (Å²) >= 11 is 20.5. The lowest BCUT2D eigenvalue weighted by Crippen LogP contribution is -2.12. The first-order chi connectivity index (χ1) is 8.99. The molecule has 0 fully saturated rings. The summed E-state index contributed by atoms with van der Waals surface area (Å²) in [5.41, 5.74) is 7.93. The Balaban J connectivity index is 2.44. The Hall–Kier alpha value is -0.810. The lowest BCUT2D eigenvalue weighted by molar-refractivity contribution is 1.51. The lowest BCUT2D eigenvalue weighted by Gasteiger charge is -2.13. The molecule has 2 aromatic carbocycles. The number of benzene rings is 2. The summed E-state index contributed by atoms with van der Waals surface area (Å²) in [5.74, 6) is 0. The SMILES string of the molecule is NC(=S)c1cc(Br)ccc1Nc1cccc(Cl)c1Cl. The molecule has 0 unspecified atom stereocenters. The Labute approximate surface area is 135 Å². The second kappa shape index (κ2) is 6.09. The van der Waals surface area contributed by atoms with Crippen molar-refractivity contribution in [1.29, 1.82) is 0 Å². The summed E-state index contributed by atoms with van der Waals surface area (Å²) in [6, 6.07) is 11.0. The van der Waals surface area contributed by atoms with E-state index in [9.17, 15) is 0 Å². The molecule has 0 amide bonds. The fourth-order valence-electron chi connectivity index (χ4n) is 1.57. The van der Waals surface area contributed by atoms with Crippen molar-refractivity contribution in [1.82, 2.24) is 0 Å². The van der Waals surface area contributed by atoms with Crippen molar-refractivity contribution in [2.75, 3.05) is 5.32 Å². The van der Waals surface area contributed by atoms with Gasteiger partial charge in [0.2, 0.25) is 0 Å². The number of hydrogen-bond acceptors (Lipinski definition) is 2. The molecule has 2 aromatic rings. The Bertz CT molecular complexity index is 647. The zero-order chi connectivity index (χ0) is 14.0. The third kappa shape index (κ3) is 3.39. The van der Waals surface area contributed by atoms with Gasteiger partial charge in [0, 0.05) is 15.7 Å². The van der Waals surface area contributed by atoms with E-state index < -0.39 is 0 Å². The van der Waals surface area contributed by atoms with E-state index in [1.54, 1.807) is 6.07 Å². The van der Waals surface area contributed by atoms with Gasteiger partial charge in [-0.25, -0.2) is 0 Å². The molecule has 0 aliphatic rings. The maximum absolute atomic E-state index is 6.14. The van der Waals surface area contributed by atoms with Crippen LogP contribution < -0.4 is 11.1 Å². The molecule has 2 rings (SSSR count). The Morgan fingerprint density at radius 1 is 1.16 bits per heavy atom. The van der Waals surface area contributed by atoms with Crippen LogP contribution in [0.5, 0.6) is 0 Å². The molecule has 0 saturated carbocycles. The summed E-state index contributed by atoms with van der Waals surface area (Å²) in [7, 11) is 0. The van der Waals surface area contributed by atoms with Crippen molar-refractivity contribution in [3.05, 3.63) is 56.5 Å². The van der Waals surface area contributed by atoms with E-state index in [0.717, 1.165) is 15.7 Å². The van der Waals surface area contributed by atoms with Crippen LogP contribution in [-0.2, 0) is 0 Å². The second-order valence-corrected chi connectivity index (χ2v) is 5.92. The number of nitrogens with one attached hydrogen (secondary N) is 1. The monoisotopic (exact) mass is 374 g/mol. The molecule has 2 nitrogen and oxygen atoms in total. The second-order valence-electron chi connectivity index (χ2n) is 3.78. The quantitative estimate of drug-likeness (QED) is 0.730. The number of nitrogens with two attached hydrogens (primary N) is 1. The topological polar surface area (TPSA) is 38.0 Å². The highest BCUT2D eigenvalue weighted by molar-refractivity contribution is 9.10. The number of rotatable bonds is 3. The molecule has 0 saturated heterocycles. The molecule has 3 N–H and O–H groups in total. The number of halogens is 3. The molecule has 19 heavy (non-hydrogen) atoms. The van der Waals surface area contributed by atoms with Crippen LogP contribution in [0, 0.1) is 0 Å². The van der Waals surface area contributed by atoms with Gasteiger partial charge in [-0.05, 0) is 30.3 Å². The third-order valence-electron chi connectivity index (χ3n) is 2.47. The largest absolute Gasteiger partial charge is 0.389 e. The van der Waals surface area contributed by atoms with Crippen LogP contribution in [0.2, 0.25) is 10.0 Å². The van der Waals surface area contributed by atoms with Gasteiger partial charge in [0.25, 0.3) is 0 Å². The highest BCUT2D eigenvalue weighted by Gasteiger charge is 2.09. The molecule has 0 radical (unpaired) electrons. The Morgan fingerprint density at radius 2 is 1.89 bits per heavy atom. The number of hydrogen-bond donors (Lipinski definition) is 2. The van der Waals surface area contributed by atoms with E-state index >= 15 is 0 Å². The number of anilines is 2. The van der Waals surface area contributed by atoms with Gasteiger partial charge in [-0.3, -0.25) is 0 Å².